The lowest BCUT2D eigenvalue weighted by Gasteiger charge is -2.01. The third kappa shape index (κ3) is 1.78. The van der Waals surface area contributed by atoms with E-state index in [0.717, 1.165) is 22.2 Å². The van der Waals surface area contributed by atoms with Crippen molar-refractivity contribution in [2.45, 2.75) is 0 Å². The topological polar surface area (TPSA) is 28.7 Å². The number of aromatic amines is 1. The highest BCUT2D eigenvalue weighted by atomic mass is 35.5. The van der Waals surface area contributed by atoms with Crippen LogP contribution in [0.2, 0.25) is 5.02 Å². The number of H-pyrrole nitrogens is 1. The first-order valence-corrected chi connectivity index (χ1v) is 5.50. The fourth-order valence-corrected chi connectivity index (χ4v) is 2.01. The molecule has 0 spiro atoms. The van der Waals surface area contributed by atoms with E-state index in [4.69, 9.17) is 11.6 Å². The minimum absolute atomic E-state index is 0.257. The molecule has 1 aromatic carbocycles. The van der Waals surface area contributed by atoms with Crippen LogP contribution >= 0.6 is 11.6 Å². The van der Waals surface area contributed by atoms with Gasteiger partial charge >= 0.3 is 0 Å². The number of halogens is 2. The minimum Gasteiger partial charge on any atom is -0.358 e. The van der Waals surface area contributed by atoms with Gasteiger partial charge in [-0.05, 0) is 23.8 Å². The van der Waals surface area contributed by atoms with E-state index < -0.39 is 0 Å². The zero-order valence-corrected chi connectivity index (χ0v) is 9.50. The molecule has 0 aliphatic carbocycles. The van der Waals surface area contributed by atoms with Gasteiger partial charge in [0.15, 0.2) is 0 Å². The average Bonchev–Trinajstić information content (AvgIpc) is 2.71. The number of nitrogens with one attached hydrogen (secondary N) is 1. The summed E-state index contributed by atoms with van der Waals surface area (Å²) in [6.45, 7) is 0. The second-order valence-corrected chi connectivity index (χ2v) is 4.17. The number of aromatic nitrogens is 2. The maximum atomic E-state index is 13.1. The number of rotatable bonds is 1. The number of benzene rings is 1. The van der Waals surface area contributed by atoms with Crippen molar-refractivity contribution in [2.75, 3.05) is 0 Å². The van der Waals surface area contributed by atoms with Gasteiger partial charge in [0.05, 0.1) is 10.5 Å². The van der Waals surface area contributed by atoms with Gasteiger partial charge in [0.1, 0.15) is 11.3 Å². The number of pyridine rings is 1. The smallest absolute Gasteiger partial charge is 0.123 e. The maximum absolute atomic E-state index is 13.1. The molecular weight excluding hydrogens is 239 g/mol. The molecule has 1 N–H and O–H groups in total. The van der Waals surface area contributed by atoms with Crippen molar-refractivity contribution in [3.05, 3.63) is 53.6 Å². The minimum atomic E-state index is -0.257. The molecular formula is C13H8ClFN2. The SMILES string of the molecule is Fc1cccc(-c2cnc3c(Cl)c[nH]c3c2)c1. The van der Waals surface area contributed by atoms with Gasteiger partial charge in [-0.2, -0.15) is 0 Å². The Bertz CT molecular complexity index is 691. The highest BCUT2D eigenvalue weighted by molar-refractivity contribution is 6.35. The van der Waals surface area contributed by atoms with Crippen LogP contribution in [0.5, 0.6) is 0 Å². The van der Waals surface area contributed by atoms with Crippen LogP contribution in [0.25, 0.3) is 22.2 Å². The van der Waals surface area contributed by atoms with E-state index in [1.54, 1.807) is 18.5 Å². The number of fused-ring (bicyclic) bond motifs is 1. The van der Waals surface area contributed by atoms with E-state index in [-0.39, 0.29) is 5.82 Å². The molecule has 0 radical (unpaired) electrons. The van der Waals surface area contributed by atoms with Gasteiger partial charge in [0.25, 0.3) is 0 Å². The normalized spacial score (nSPS) is 10.9. The van der Waals surface area contributed by atoms with Gasteiger partial charge in [-0.25, -0.2) is 4.39 Å². The fourth-order valence-electron chi connectivity index (χ4n) is 1.80. The maximum Gasteiger partial charge on any atom is 0.123 e. The van der Waals surface area contributed by atoms with Gasteiger partial charge < -0.3 is 4.98 Å². The predicted octanol–water partition coefficient (Wildman–Crippen LogP) is 4.02. The molecule has 0 unspecified atom stereocenters. The van der Waals surface area contributed by atoms with E-state index in [0.29, 0.717) is 5.02 Å². The van der Waals surface area contributed by atoms with Gasteiger partial charge in [0.2, 0.25) is 0 Å². The van der Waals surface area contributed by atoms with Gasteiger partial charge in [-0.1, -0.05) is 23.7 Å². The van der Waals surface area contributed by atoms with Crippen LogP contribution in [-0.4, -0.2) is 9.97 Å². The molecule has 0 amide bonds. The Morgan fingerprint density at radius 2 is 2.06 bits per heavy atom. The highest BCUT2D eigenvalue weighted by Gasteiger charge is 2.05. The van der Waals surface area contributed by atoms with E-state index in [1.807, 2.05) is 12.1 Å². The van der Waals surface area contributed by atoms with Crippen molar-refractivity contribution in [2.24, 2.45) is 0 Å². The molecule has 0 aliphatic rings. The molecule has 2 aromatic heterocycles. The molecule has 84 valence electrons. The highest BCUT2D eigenvalue weighted by Crippen LogP contribution is 2.26. The summed E-state index contributed by atoms with van der Waals surface area (Å²) in [5.41, 5.74) is 3.23. The van der Waals surface area contributed by atoms with Crippen molar-refractivity contribution < 1.29 is 4.39 Å². The second kappa shape index (κ2) is 3.86. The molecule has 0 bridgehead atoms. The summed E-state index contributed by atoms with van der Waals surface area (Å²) in [7, 11) is 0. The van der Waals surface area contributed by atoms with Crippen molar-refractivity contribution in [1.82, 2.24) is 9.97 Å². The van der Waals surface area contributed by atoms with Gasteiger partial charge in [-0.15, -0.1) is 0 Å². The van der Waals surface area contributed by atoms with E-state index in [1.165, 1.54) is 12.1 Å². The zero-order valence-electron chi connectivity index (χ0n) is 8.74. The summed E-state index contributed by atoms with van der Waals surface area (Å²) in [5, 5.41) is 0.589. The first-order chi connectivity index (χ1) is 8.24. The Balaban J connectivity index is 2.18. The Labute approximate surface area is 102 Å². The van der Waals surface area contributed by atoms with Crippen LogP contribution in [-0.2, 0) is 0 Å². The Hall–Kier alpha value is -1.87. The summed E-state index contributed by atoms with van der Waals surface area (Å²) in [4.78, 5) is 7.29. The lowest BCUT2D eigenvalue weighted by atomic mass is 10.1. The van der Waals surface area contributed by atoms with E-state index in [2.05, 4.69) is 9.97 Å². The summed E-state index contributed by atoms with van der Waals surface area (Å²) in [6, 6.07) is 8.32. The number of hydrogen-bond acceptors (Lipinski definition) is 1. The third-order valence-electron chi connectivity index (χ3n) is 2.63. The fraction of sp³-hybridized carbons (Fsp3) is 0. The molecule has 0 fully saturated rings. The van der Waals surface area contributed by atoms with Crippen molar-refractivity contribution in [1.29, 1.82) is 0 Å². The Kier molecular flexibility index (Phi) is 2.34. The molecule has 0 saturated carbocycles. The molecule has 0 saturated heterocycles. The lowest BCUT2D eigenvalue weighted by molar-refractivity contribution is 0.628. The molecule has 4 heteroatoms. The first kappa shape index (κ1) is 10.3. The molecule has 17 heavy (non-hydrogen) atoms. The third-order valence-corrected chi connectivity index (χ3v) is 2.91. The molecule has 2 nitrogen and oxygen atoms in total. The van der Waals surface area contributed by atoms with Crippen LogP contribution in [0.3, 0.4) is 0 Å². The number of nitrogens with zero attached hydrogens (tertiary/aromatic N) is 1. The van der Waals surface area contributed by atoms with Crippen LogP contribution in [0, 0.1) is 5.82 Å². The molecule has 0 atom stereocenters. The van der Waals surface area contributed by atoms with Crippen molar-refractivity contribution >= 4 is 22.6 Å². The predicted molar refractivity (Wildman–Crippen MR) is 66.5 cm³/mol. The largest absolute Gasteiger partial charge is 0.358 e. The Morgan fingerprint density at radius 1 is 1.18 bits per heavy atom. The summed E-state index contributed by atoms with van der Waals surface area (Å²) in [5.74, 6) is -0.257. The van der Waals surface area contributed by atoms with E-state index in [9.17, 15) is 4.39 Å². The van der Waals surface area contributed by atoms with Crippen molar-refractivity contribution in [3.8, 4) is 11.1 Å². The van der Waals surface area contributed by atoms with Gasteiger partial charge in [-0.3, -0.25) is 4.98 Å². The monoisotopic (exact) mass is 246 g/mol. The summed E-state index contributed by atoms with van der Waals surface area (Å²) < 4.78 is 13.1. The molecule has 0 aliphatic heterocycles. The molecule has 3 rings (SSSR count). The molecule has 2 heterocycles. The summed E-state index contributed by atoms with van der Waals surface area (Å²) in [6.07, 6.45) is 3.38. The van der Waals surface area contributed by atoms with E-state index >= 15 is 0 Å². The Morgan fingerprint density at radius 3 is 2.88 bits per heavy atom. The molecule has 3 aromatic rings. The quantitative estimate of drug-likeness (QED) is 0.690. The lowest BCUT2D eigenvalue weighted by Crippen LogP contribution is -1.82. The number of hydrogen-bond donors (Lipinski definition) is 1. The summed E-state index contributed by atoms with van der Waals surface area (Å²) >= 11 is 5.94. The van der Waals surface area contributed by atoms with Crippen LogP contribution in [0.4, 0.5) is 4.39 Å². The first-order valence-electron chi connectivity index (χ1n) is 5.12. The van der Waals surface area contributed by atoms with Gasteiger partial charge in [0, 0.05) is 18.0 Å². The second-order valence-electron chi connectivity index (χ2n) is 3.77. The van der Waals surface area contributed by atoms with Crippen LogP contribution < -0.4 is 0 Å². The standard InChI is InChI=1S/C13H8ClFN2/c14-11-7-16-12-5-9(6-17-13(11)12)8-2-1-3-10(15)4-8/h1-7,16H. The van der Waals surface area contributed by atoms with Crippen LogP contribution in [0.1, 0.15) is 0 Å². The van der Waals surface area contributed by atoms with Crippen LogP contribution in [0.15, 0.2) is 42.7 Å². The average molecular weight is 247 g/mol. The van der Waals surface area contributed by atoms with Crippen molar-refractivity contribution in [3.63, 3.8) is 0 Å². The zero-order chi connectivity index (χ0) is 11.8.